The lowest BCUT2D eigenvalue weighted by Crippen LogP contribution is -2.71. The van der Waals surface area contributed by atoms with Crippen LogP contribution in [0.4, 0.5) is 0 Å². The predicted molar refractivity (Wildman–Crippen MR) is 188 cm³/mol. The van der Waals surface area contributed by atoms with E-state index in [2.05, 4.69) is 10.6 Å². The molecule has 5 N–H and O–H groups in total. The van der Waals surface area contributed by atoms with E-state index < -0.39 is 71.6 Å². The van der Waals surface area contributed by atoms with Gasteiger partial charge in [0.2, 0.25) is 11.8 Å². The van der Waals surface area contributed by atoms with E-state index in [4.69, 9.17) is 19.0 Å². The fraction of sp³-hybridized carbons (Fsp3) is 0.425. The van der Waals surface area contributed by atoms with Crippen molar-refractivity contribution in [2.45, 2.75) is 87.5 Å². The lowest BCUT2D eigenvalue weighted by molar-refractivity contribution is -0.217. The maximum Gasteiger partial charge on any atom is 0.327 e. The molecule has 13 nitrogen and oxygen atoms in total. The number of amides is 2. The number of aliphatic hydroxyl groups is 2. The van der Waals surface area contributed by atoms with Crippen molar-refractivity contribution in [3.05, 3.63) is 107 Å². The summed E-state index contributed by atoms with van der Waals surface area (Å²) in [6, 6.07) is 20.1. The Morgan fingerprint density at radius 3 is 2.38 bits per heavy atom. The second kappa shape index (κ2) is 14.0. The summed E-state index contributed by atoms with van der Waals surface area (Å²) in [5, 5.41) is 36.9. The minimum absolute atomic E-state index is 0.0386. The van der Waals surface area contributed by atoms with Crippen LogP contribution in [0.1, 0.15) is 41.2 Å². The monoisotopic (exact) mass is 725 g/mol. The number of phenolic OH excluding ortho intramolecular Hbond substituents is 1. The smallest absolute Gasteiger partial charge is 0.327 e. The SMILES string of the molecule is CC(O)C(NC(=O)C12CC3OC(=O)C1N(Cc1ccccc1C=CCc1ccccc1O)OC2C1OC2(Cc4ccccc4C2)OC31)C(=O)NCCO. The number of esters is 1. The van der Waals surface area contributed by atoms with Gasteiger partial charge in [0.05, 0.1) is 19.3 Å². The molecule has 8 unspecified atom stereocenters. The quantitative estimate of drug-likeness (QED) is 0.182. The van der Waals surface area contributed by atoms with Crippen LogP contribution in [0.15, 0.2) is 78.9 Å². The molecule has 4 fully saturated rings. The number of allylic oxidation sites excluding steroid dienone is 1. The Labute approximate surface area is 306 Å². The number of para-hydroxylation sites is 1. The summed E-state index contributed by atoms with van der Waals surface area (Å²) < 4.78 is 19.6. The Bertz CT molecular complexity index is 1910. The molecule has 53 heavy (non-hydrogen) atoms. The van der Waals surface area contributed by atoms with Crippen LogP contribution in [0, 0.1) is 5.41 Å². The summed E-state index contributed by atoms with van der Waals surface area (Å²) in [5.41, 5.74) is 3.02. The summed E-state index contributed by atoms with van der Waals surface area (Å²) >= 11 is 0. The van der Waals surface area contributed by atoms with E-state index in [0.29, 0.717) is 19.3 Å². The van der Waals surface area contributed by atoms with Gasteiger partial charge in [-0.05, 0) is 47.2 Å². The predicted octanol–water partition coefficient (Wildman–Crippen LogP) is 1.70. The van der Waals surface area contributed by atoms with Crippen LogP contribution in [0.25, 0.3) is 6.08 Å². The lowest BCUT2D eigenvalue weighted by Gasteiger charge is -2.49. The molecule has 5 aliphatic rings. The Hall–Kier alpha value is -4.63. The molecule has 3 saturated heterocycles. The molecule has 3 aromatic rings. The fourth-order valence-corrected chi connectivity index (χ4v) is 8.73. The summed E-state index contributed by atoms with van der Waals surface area (Å²) in [6.07, 6.45) is 0.693. The molecule has 3 heterocycles. The number of carbonyl (C=O) groups excluding carboxylic acids is 3. The average molecular weight is 726 g/mol. The van der Waals surface area contributed by atoms with Crippen LogP contribution in [0.3, 0.4) is 0 Å². The molecule has 0 radical (unpaired) electrons. The van der Waals surface area contributed by atoms with E-state index in [-0.39, 0.29) is 31.9 Å². The van der Waals surface area contributed by atoms with E-state index >= 15 is 0 Å². The molecule has 2 aliphatic carbocycles. The number of aromatic hydroxyl groups is 1. The van der Waals surface area contributed by atoms with Crippen molar-refractivity contribution in [2.75, 3.05) is 13.2 Å². The molecule has 1 spiro atoms. The number of hydroxylamine groups is 2. The lowest BCUT2D eigenvalue weighted by atomic mass is 9.62. The highest BCUT2D eigenvalue weighted by Gasteiger charge is 2.76. The molecule has 13 heteroatoms. The number of hydrogen-bond acceptors (Lipinski definition) is 11. The average Bonchev–Trinajstić information content (AvgIpc) is 3.82. The number of aliphatic hydroxyl groups excluding tert-OH is 2. The molecule has 1 saturated carbocycles. The first-order valence-electron chi connectivity index (χ1n) is 18.1. The molecular formula is C40H43N3O10. The maximum absolute atomic E-state index is 14.8. The van der Waals surface area contributed by atoms with E-state index in [0.717, 1.165) is 27.8 Å². The van der Waals surface area contributed by atoms with Crippen LogP contribution in [0.5, 0.6) is 5.75 Å². The highest BCUT2D eigenvalue weighted by atomic mass is 16.8. The van der Waals surface area contributed by atoms with Crippen LogP contribution >= 0.6 is 0 Å². The molecule has 2 bridgehead atoms. The van der Waals surface area contributed by atoms with Gasteiger partial charge in [-0.25, -0.2) is 0 Å². The molecule has 3 aliphatic heterocycles. The van der Waals surface area contributed by atoms with Gasteiger partial charge in [0.1, 0.15) is 41.6 Å². The van der Waals surface area contributed by atoms with Crippen molar-refractivity contribution in [1.29, 1.82) is 0 Å². The summed E-state index contributed by atoms with van der Waals surface area (Å²) in [5.74, 6) is -2.83. The number of benzene rings is 3. The molecule has 0 aromatic heterocycles. The minimum Gasteiger partial charge on any atom is -0.508 e. The van der Waals surface area contributed by atoms with E-state index in [1.54, 1.807) is 12.1 Å². The highest BCUT2D eigenvalue weighted by molar-refractivity contribution is 5.96. The zero-order chi connectivity index (χ0) is 36.9. The summed E-state index contributed by atoms with van der Waals surface area (Å²) in [6.45, 7) is 1.08. The number of nitrogens with zero attached hydrogens (tertiary/aromatic N) is 1. The number of carbonyl (C=O) groups is 3. The number of phenols is 1. The Kier molecular flexibility index (Phi) is 9.34. The Balaban J connectivity index is 1.13. The molecular weight excluding hydrogens is 682 g/mol. The number of fused-ring (bicyclic) bond motifs is 5. The van der Waals surface area contributed by atoms with Gasteiger partial charge < -0.3 is 40.2 Å². The Morgan fingerprint density at radius 1 is 0.981 bits per heavy atom. The zero-order valence-corrected chi connectivity index (χ0v) is 29.2. The summed E-state index contributed by atoms with van der Waals surface area (Å²) in [4.78, 5) is 48.8. The molecule has 278 valence electrons. The molecule has 8 atom stereocenters. The second-order valence-electron chi connectivity index (χ2n) is 14.6. The van der Waals surface area contributed by atoms with Crippen molar-refractivity contribution < 1.29 is 48.8 Å². The molecule has 2 amide bonds. The normalized spacial score (nSPS) is 29.0. The Morgan fingerprint density at radius 2 is 1.66 bits per heavy atom. The first kappa shape index (κ1) is 35.4. The van der Waals surface area contributed by atoms with Crippen molar-refractivity contribution in [2.24, 2.45) is 5.41 Å². The molecule has 3 aromatic carbocycles. The van der Waals surface area contributed by atoms with Crippen LogP contribution in [0.2, 0.25) is 0 Å². The van der Waals surface area contributed by atoms with Crippen LogP contribution < -0.4 is 10.6 Å². The van der Waals surface area contributed by atoms with Crippen molar-refractivity contribution in [1.82, 2.24) is 15.7 Å². The van der Waals surface area contributed by atoms with Gasteiger partial charge in [0.25, 0.3) is 0 Å². The first-order valence-corrected chi connectivity index (χ1v) is 18.1. The third kappa shape index (κ3) is 6.20. The van der Waals surface area contributed by atoms with E-state index in [1.807, 2.05) is 72.8 Å². The van der Waals surface area contributed by atoms with Gasteiger partial charge >= 0.3 is 5.97 Å². The number of ether oxygens (including phenoxy) is 3. The van der Waals surface area contributed by atoms with Crippen molar-refractivity contribution >= 4 is 23.9 Å². The topological polar surface area (TPSA) is 176 Å². The fourth-order valence-electron chi connectivity index (χ4n) is 8.73. The van der Waals surface area contributed by atoms with Gasteiger partial charge in [0.15, 0.2) is 11.8 Å². The highest BCUT2D eigenvalue weighted by Crippen LogP contribution is 2.58. The van der Waals surface area contributed by atoms with Crippen LogP contribution in [-0.4, -0.2) is 99.7 Å². The van der Waals surface area contributed by atoms with Crippen molar-refractivity contribution in [3.8, 4) is 5.75 Å². The first-order chi connectivity index (χ1) is 25.6. The van der Waals surface area contributed by atoms with Gasteiger partial charge in [0, 0.05) is 25.8 Å². The third-order valence-corrected chi connectivity index (χ3v) is 11.2. The molecule has 8 rings (SSSR count). The standard InChI is InChI=1S/C40H43N3O10/c1-23(45)31(36(47)41-17-18-44)42-38(49)40-21-30-32-33(52-39(51-32)19-26-11-3-4-12-27(26)20-39)35(40)53-43(34(40)37(48)50-30)22-28-13-5-2-9-24(28)14-8-15-25-10-6-7-16-29(25)46/h2-14,16,23,30-35,44-46H,15,17-22H2,1H3,(H,41,47)(H,42,49). The van der Waals surface area contributed by atoms with E-state index in [9.17, 15) is 29.7 Å². The number of nitrogens with one attached hydrogen (secondary N) is 2. The third-order valence-electron chi connectivity index (χ3n) is 11.2. The van der Waals surface area contributed by atoms with Gasteiger partial charge in [-0.1, -0.05) is 78.9 Å². The van der Waals surface area contributed by atoms with Crippen molar-refractivity contribution in [3.63, 3.8) is 0 Å². The van der Waals surface area contributed by atoms with Gasteiger partial charge in [-0.15, -0.1) is 0 Å². The van der Waals surface area contributed by atoms with E-state index in [1.165, 1.54) is 12.0 Å². The largest absolute Gasteiger partial charge is 0.508 e. The summed E-state index contributed by atoms with van der Waals surface area (Å²) in [7, 11) is 0. The van der Waals surface area contributed by atoms with Gasteiger partial charge in [-0.2, -0.15) is 5.06 Å². The van der Waals surface area contributed by atoms with Gasteiger partial charge in [-0.3, -0.25) is 19.2 Å². The minimum atomic E-state index is -1.58. The zero-order valence-electron chi connectivity index (χ0n) is 29.2. The number of rotatable bonds is 11. The number of hydrogen-bond donors (Lipinski definition) is 5. The maximum atomic E-state index is 14.8. The second-order valence-corrected chi connectivity index (χ2v) is 14.6. The van der Waals surface area contributed by atoms with Crippen LogP contribution in [-0.2, 0) is 59.2 Å².